The van der Waals surface area contributed by atoms with Gasteiger partial charge in [-0.1, -0.05) is 13.8 Å². The van der Waals surface area contributed by atoms with Gasteiger partial charge >= 0.3 is 0 Å². The van der Waals surface area contributed by atoms with Crippen molar-refractivity contribution < 1.29 is 0 Å². The Morgan fingerprint density at radius 2 is 2.05 bits per heavy atom. The van der Waals surface area contributed by atoms with Gasteiger partial charge in [-0.15, -0.1) is 12.4 Å². The number of nitrogens with one attached hydrogen (secondary N) is 1. The van der Waals surface area contributed by atoms with E-state index in [0.29, 0.717) is 5.92 Å². The van der Waals surface area contributed by atoms with Crippen molar-refractivity contribution in [2.45, 2.75) is 40.4 Å². The number of aryl methyl sites for hydroxylation is 2. The fraction of sp³-hybridized carbons (Fsp3) is 0.571. The van der Waals surface area contributed by atoms with Gasteiger partial charge in [0.15, 0.2) is 0 Å². The molecule has 1 N–H and O–H groups in total. The Balaban J connectivity index is 0.00000200. The van der Waals surface area contributed by atoms with Gasteiger partial charge in [-0.2, -0.15) is 10.2 Å². The minimum atomic E-state index is 0. The Morgan fingerprint density at radius 1 is 1.30 bits per heavy atom. The molecule has 2 heterocycles. The summed E-state index contributed by atoms with van der Waals surface area (Å²) in [6, 6.07) is 2.07. The molecular formula is C14H24ClN5. The molecule has 0 saturated carbocycles. The lowest BCUT2D eigenvalue weighted by atomic mass is 10.2. The Hall–Kier alpha value is -1.33. The van der Waals surface area contributed by atoms with Crippen LogP contribution >= 0.6 is 12.4 Å². The fourth-order valence-electron chi connectivity index (χ4n) is 2.11. The molecule has 0 amide bonds. The number of hydrogen-bond donors (Lipinski definition) is 1. The van der Waals surface area contributed by atoms with Crippen LogP contribution in [0.15, 0.2) is 18.5 Å². The molecule has 6 heteroatoms. The number of nitrogens with zero attached hydrogens (tertiary/aromatic N) is 4. The zero-order valence-corrected chi connectivity index (χ0v) is 13.4. The molecule has 0 bridgehead atoms. The molecule has 0 unspecified atom stereocenters. The lowest BCUT2D eigenvalue weighted by molar-refractivity contribution is 0.477. The smallest absolute Gasteiger partial charge is 0.0762 e. The predicted octanol–water partition coefficient (Wildman–Crippen LogP) is 2.29. The van der Waals surface area contributed by atoms with Crippen molar-refractivity contribution >= 4 is 12.4 Å². The average molecular weight is 298 g/mol. The van der Waals surface area contributed by atoms with Crippen LogP contribution in [0.25, 0.3) is 0 Å². The van der Waals surface area contributed by atoms with Gasteiger partial charge in [-0.25, -0.2) is 0 Å². The van der Waals surface area contributed by atoms with Crippen molar-refractivity contribution in [3.8, 4) is 0 Å². The van der Waals surface area contributed by atoms with Gasteiger partial charge in [0.25, 0.3) is 0 Å². The topological polar surface area (TPSA) is 47.7 Å². The molecule has 0 aliphatic carbocycles. The first-order valence-electron chi connectivity index (χ1n) is 6.76. The normalized spacial score (nSPS) is 10.8. The molecule has 5 nitrogen and oxygen atoms in total. The zero-order valence-electron chi connectivity index (χ0n) is 12.6. The van der Waals surface area contributed by atoms with Crippen LogP contribution in [-0.4, -0.2) is 19.6 Å². The van der Waals surface area contributed by atoms with E-state index in [9.17, 15) is 0 Å². The molecule has 0 aliphatic heterocycles. The van der Waals surface area contributed by atoms with Crippen molar-refractivity contribution in [3.63, 3.8) is 0 Å². The van der Waals surface area contributed by atoms with Crippen molar-refractivity contribution in [2.75, 3.05) is 0 Å². The molecule has 0 radical (unpaired) electrons. The maximum Gasteiger partial charge on any atom is 0.0762 e. The van der Waals surface area contributed by atoms with Gasteiger partial charge in [0.2, 0.25) is 0 Å². The van der Waals surface area contributed by atoms with Gasteiger partial charge in [0.05, 0.1) is 17.6 Å². The van der Waals surface area contributed by atoms with Crippen LogP contribution in [0.3, 0.4) is 0 Å². The molecule has 0 atom stereocenters. The molecule has 20 heavy (non-hydrogen) atoms. The highest BCUT2D eigenvalue weighted by Gasteiger charge is 2.05. The molecule has 2 aromatic heterocycles. The summed E-state index contributed by atoms with van der Waals surface area (Å²) in [6.07, 6.45) is 3.95. The summed E-state index contributed by atoms with van der Waals surface area (Å²) in [6.45, 7) is 9.06. The van der Waals surface area contributed by atoms with Gasteiger partial charge in [0.1, 0.15) is 0 Å². The summed E-state index contributed by atoms with van der Waals surface area (Å²) < 4.78 is 3.93. The maximum absolute atomic E-state index is 4.55. The quantitative estimate of drug-likeness (QED) is 0.890. The predicted molar refractivity (Wildman–Crippen MR) is 82.8 cm³/mol. The van der Waals surface area contributed by atoms with E-state index in [-0.39, 0.29) is 12.4 Å². The van der Waals surface area contributed by atoms with E-state index in [1.807, 2.05) is 28.8 Å². The number of halogens is 1. The fourth-order valence-corrected chi connectivity index (χ4v) is 2.11. The highest BCUT2D eigenvalue weighted by Crippen LogP contribution is 2.05. The highest BCUT2D eigenvalue weighted by atomic mass is 35.5. The summed E-state index contributed by atoms with van der Waals surface area (Å²) in [5.74, 6) is 0.623. The van der Waals surface area contributed by atoms with E-state index in [0.717, 1.165) is 25.3 Å². The minimum Gasteiger partial charge on any atom is -0.305 e. The Bertz CT molecular complexity index is 510. The zero-order chi connectivity index (χ0) is 13.8. The lowest BCUT2D eigenvalue weighted by Crippen LogP contribution is -2.16. The number of rotatable bonds is 6. The summed E-state index contributed by atoms with van der Waals surface area (Å²) >= 11 is 0. The van der Waals surface area contributed by atoms with Crippen LogP contribution in [-0.2, 0) is 26.7 Å². The van der Waals surface area contributed by atoms with Gasteiger partial charge < -0.3 is 5.32 Å². The second-order valence-electron chi connectivity index (χ2n) is 5.42. The molecule has 2 rings (SSSR count). The minimum absolute atomic E-state index is 0. The van der Waals surface area contributed by atoms with E-state index in [1.54, 1.807) is 0 Å². The van der Waals surface area contributed by atoms with Crippen LogP contribution in [0.1, 0.15) is 30.8 Å². The molecule has 2 aromatic rings. The van der Waals surface area contributed by atoms with Crippen LogP contribution in [0.2, 0.25) is 0 Å². The molecule has 0 fully saturated rings. The molecule has 0 aliphatic rings. The monoisotopic (exact) mass is 297 g/mol. The highest BCUT2D eigenvalue weighted by molar-refractivity contribution is 5.85. The summed E-state index contributed by atoms with van der Waals surface area (Å²) in [7, 11) is 1.97. The third-order valence-electron chi connectivity index (χ3n) is 3.12. The lowest BCUT2D eigenvalue weighted by Gasteiger charge is -2.06. The number of aromatic nitrogens is 4. The van der Waals surface area contributed by atoms with Crippen LogP contribution in [0, 0.1) is 12.8 Å². The van der Waals surface area contributed by atoms with E-state index in [1.165, 1.54) is 11.3 Å². The van der Waals surface area contributed by atoms with Gasteiger partial charge in [0, 0.05) is 32.9 Å². The molecule has 0 spiro atoms. The van der Waals surface area contributed by atoms with Gasteiger partial charge in [-0.3, -0.25) is 9.36 Å². The van der Waals surface area contributed by atoms with Crippen molar-refractivity contribution in [1.29, 1.82) is 0 Å². The van der Waals surface area contributed by atoms with E-state index in [4.69, 9.17) is 0 Å². The van der Waals surface area contributed by atoms with Crippen LogP contribution in [0.4, 0.5) is 0 Å². The van der Waals surface area contributed by atoms with Crippen molar-refractivity contribution in [3.05, 3.63) is 35.4 Å². The molecule has 0 aromatic carbocycles. The largest absolute Gasteiger partial charge is 0.305 e. The first-order chi connectivity index (χ1) is 9.06. The Labute approximate surface area is 126 Å². The summed E-state index contributed by atoms with van der Waals surface area (Å²) in [5.41, 5.74) is 3.53. The van der Waals surface area contributed by atoms with Crippen LogP contribution in [0.5, 0.6) is 0 Å². The standard InChI is InChI=1S/C14H23N5.ClH/c1-11(2)10-19-6-5-13(17-19)8-15-9-14-12(3)7-16-18(14)4;/h5-7,11,15H,8-10H2,1-4H3;1H. The maximum atomic E-state index is 4.55. The Kier molecular flexibility index (Phi) is 6.23. The SMILES string of the molecule is Cc1cnn(C)c1CNCc1ccn(CC(C)C)n1.Cl. The third kappa shape index (κ3) is 4.35. The second kappa shape index (κ2) is 7.45. The summed E-state index contributed by atoms with van der Waals surface area (Å²) in [5, 5.41) is 12.2. The van der Waals surface area contributed by atoms with E-state index < -0.39 is 0 Å². The number of hydrogen-bond acceptors (Lipinski definition) is 3. The molecule has 0 saturated heterocycles. The second-order valence-corrected chi connectivity index (χ2v) is 5.42. The summed E-state index contributed by atoms with van der Waals surface area (Å²) in [4.78, 5) is 0. The van der Waals surface area contributed by atoms with E-state index >= 15 is 0 Å². The first kappa shape index (κ1) is 16.7. The van der Waals surface area contributed by atoms with Crippen molar-refractivity contribution in [1.82, 2.24) is 24.9 Å². The molecule has 112 valence electrons. The van der Waals surface area contributed by atoms with E-state index in [2.05, 4.69) is 42.4 Å². The van der Waals surface area contributed by atoms with Gasteiger partial charge in [-0.05, 0) is 24.5 Å². The third-order valence-corrected chi connectivity index (χ3v) is 3.12. The average Bonchev–Trinajstić information content (AvgIpc) is 2.89. The van der Waals surface area contributed by atoms with Crippen LogP contribution < -0.4 is 5.32 Å². The molecular weight excluding hydrogens is 274 g/mol. The first-order valence-corrected chi connectivity index (χ1v) is 6.76. The Morgan fingerprint density at radius 3 is 2.65 bits per heavy atom. The van der Waals surface area contributed by atoms with Crippen molar-refractivity contribution in [2.24, 2.45) is 13.0 Å².